The second kappa shape index (κ2) is 7.54. The summed E-state index contributed by atoms with van der Waals surface area (Å²) < 4.78 is 5.74. The maximum absolute atomic E-state index is 12.2. The molecule has 4 rings (SSSR count). The summed E-state index contributed by atoms with van der Waals surface area (Å²) in [4.78, 5) is 18.8. The predicted octanol–water partition coefficient (Wildman–Crippen LogP) is 5.53. The molecule has 3 aromatic carbocycles. The second-order valence-electron chi connectivity index (χ2n) is 6.01. The molecule has 0 aliphatic carbocycles. The van der Waals surface area contributed by atoms with Crippen molar-refractivity contribution in [3.63, 3.8) is 0 Å². The Morgan fingerprint density at radius 1 is 1.10 bits per heavy atom. The van der Waals surface area contributed by atoms with Crippen LogP contribution < -0.4 is 5.11 Å². The number of halogens is 2. The number of hydrogen-bond acceptors (Lipinski definition) is 6. The molecular weight excluding hydrogens is 417 g/mol. The molecule has 0 bridgehead atoms. The number of nitro groups is 1. The number of oxazole rings is 1. The minimum atomic E-state index is -0.779. The van der Waals surface area contributed by atoms with Crippen molar-refractivity contribution in [3.05, 3.63) is 80.3 Å². The van der Waals surface area contributed by atoms with Crippen LogP contribution in [0.5, 0.6) is 5.75 Å². The summed E-state index contributed by atoms with van der Waals surface area (Å²) in [5.74, 6) is -0.438. The van der Waals surface area contributed by atoms with E-state index in [2.05, 4.69) is 9.98 Å². The topological polar surface area (TPSA) is 105 Å². The Bertz CT molecular complexity index is 1250. The van der Waals surface area contributed by atoms with Gasteiger partial charge in [0, 0.05) is 17.3 Å². The summed E-state index contributed by atoms with van der Waals surface area (Å²) in [7, 11) is 0. The molecule has 1 aromatic heterocycles. The number of para-hydroxylation sites is 2. The number of rotatable bonds is 4. The molecular formula is C20H10Cl2N3O4-. The maximum atomic E-state index is 12.2. The highest BCUT2D eigenvalue weighted by atomic mass is 35.5. The molecule has 0 amide bonds. The Labute approximate surface area is 174 Å². The van der Waals surface area contributed by atoms with E-state index in [4.69, 9.17) is 27.6 Å². The van der Waals surface area contributed by atoms with Gasteiger partial charge in [-0.3, -0.25) is 15.1 Å². The zero-order valence-electron chi connectivity index (χ0n) is 14.5. The lowest BCUT2D eigenvalue weighted by Crippen LogP contribution is -2.02. The van der Waals surface area contributed by atoms with Crippen LogP contribution in [0.2, 0.25) is 10.0 Å². The van der Waals surface area contributed by atoms with Gasteiger partial charge in [0.2, 0.25) is 5.89 Å². The van der Waals surface area contributed by atoms with Crippen LogP contribution in [0, 0.1) is 10.1 Å². The minimum absolute atomic E-state index is 0.00237. The van der Waals surface area contributed by atoms with E-state index in [1.54, 1.807) is 24.3 Å². The van der Waals surface area contributed by atoms with Crippen LogP contribution in [-0.2, 0) is 0 Å². The van der Waals surface area contributed by atoms with Crippen molar-refractivity contribution in [1.82, 2.24) is 4.98 Å². The first-order chi connectivity index (χ1) is 13.9. The third-order valence-corrected chi connectivity index (χ3v) is 4.63. The first-order valence-electron chi connectivity index (χ1n) is 8.27. The Balaban J connectivity index is 1.72. The van der Waals surface area contributed by atoms with Crippen molar-refractivity contribution in [3.8, 4) is 17.2 Å². The van der Waals surface area contributed by atoms with Gasteiger partial charge in [0.05, 0.1) is 21.2 Å². The molecule has 4 aromatic rings. The van der Waals surface area contributed by atoms with E-state index < -0.39 is 16.4 Å². The van der Waals surface area contributed by atoms with Crippen LogP contribution in [-0.4, -0.2) is 16.1 Å². The van der Waals surface area contributed by atoms with Gasteiger partial charge in [0.15, 0.2) is 5.58 Å². The third-order valence-electron chi connectivity index (χ3n) is 4.09. The van der Waals surface area contributed by atoms with Gasteiger partial charge in [0.1, 0.15) is 5.52 Å². The number of aromatic nitrogens is 1. The van der Waals surface area contributed by atoms with Gasteiger partial charge in [-0.25, -0.2) is 4.98 Å². The van der Waals surface area contributed by atoms with Gasteiger partial charge in [0.25, 0.3) is 5.69 Å². The lowest BCUT2D eigenvalue weighted by atomic mass is 10.1. The highest BCUT2D eigenvalue weighted by Gasteiger charge is 2.13. The van der Waals surface area contributed by atoms with Crippen molar-refractivity contribution >= 4 is 51.9 Å². The molecule has 29 heavy (non-hydrogen) atoms. The van der Waals surface area contributed by atoms with E-state index in [0.29, 0.717) is 33.3 Å². The van der Waals surface area contributed by atoms with E-state index in [1.165, 1.54) is 12.3 Å². The van der Waals surface area contributed by atoms with Gasteiger partial charge >= 0.3 is 0 Å². The molecule has 0 saturated carbocycles. The fourth-order valence-corrected chi connectivity index (χ4v) is 3.14. The number of benzene rings is 3. The van der Waals surface area contributed by atoms with E-state index in [0.717, 1.165) is 6.07 Å². The van der Waals surface area contributed by atoms with Gasteiger partial charge in [-0.1, -0.05) is 35.3 Å². The molecule has 0 atom stereocenters. The molecule has 0 aliphatic heterocycles. The van der Waals surface area contributed by atoms with Gasteiger partial charge in [-0.2, -0.15) is 0 Å². The van der Waals surface area contributed by atoms with Crippen LogP contribution in [0.4, 0.5) is 11.4 Å². The van der Waals surface area contributed by atoms with Crippen molar-refractivity contribution < 1.29 is 14.4 Å². The Morgan fingerprint density at radius 2 is 1.90 bits per heavy atom. The van der Waals surface area contributed by atoms with Crippen LogP contribution in [0.1, 0.15) is 5.56 Å². The van der Waals surface area contributed by atoms with Crippen molar-refractivity contribution in [1.29, 1.82) is 0 Å². The molecule has 144 valence electrons. The molecule has 9 heteroatoms. The summed E-state index contributed by atoms with van der Waals surface area (Å²) in [5.41, 5.74) is 1.68. The van der Waals surface area contributed by atoms with Crippen molar-refractivity contribution in [2.75, 3.05) is 0 Å². The standard InChI is InChI=1S/C20H11Cl2N3O4/c21-12-7-11(19(26)17(8-12)25(27)28)10-23-13-5-6-15(22)14(9-13)20-24-16-3-1-2-4-18(16)29-20/h1-10,26H/p-1. The Kier molecular flexibility index (Phi) is 4.92. The number of nitro benzene ring substituents is 1. The van der Waals surface area contributed by atoms with Crippen molar-refractivity contribution in [2.45, 2.75) is 0 Å². The Morgan fingerprint density at radius 3 is 2.66 bits per heavy atom. The molecule has 7 nitrogen and oxygen atoms in total. The molecule has 0 unspecified atom stereocenters. The zero-order chi connectivity index (χ0) is 20.5. The third kappa shape index (κ3) is 3.78. The summed E-state index contributed by atoms with van der Waals surface area (Å²) in [5, 5.41) is 23.7. The first-order valence-corrected chi connectivity index (χ1v) is 9.02. The zero-order valence-corrected chi connectivity index (χ0v) is 16.0. The number of hydrogen-bond donors (Lipinski definition) is 0. The maximum Gasteiger partial charge on any atom is 0.263 e. The smallest absolute Gasteiger partial charge is 0.263 e. The number of nitrogens with zero attached hydrogens (tertiary/aromatic N) is 3. The lowest BCUT2D eigenvalue weighted by Gasteiger charge is -2.10. The lowest BCUT2D eigenvalue weighted by molar-refractivity contribution is -0.398. The Hall–Kier alpha value is -3.42. The van der Waals surface area contributed by atoms with Gasteiger partial charge in [-0.15, -0.1) is 0 Å². The second-order valence-corrected chi connectivity index (χ2v) is 6.85. The van der Waals surface area contributed by atoms with Crippen molar-refractivity contribution in [2.24, 2.45) is 4.99 Å². The molecule has 0 radical (unpaired) electrons. The number of aliphatic imine (C=N–C) groups is 1. The molecule has 0 fully saturated rings. The van der Waals surface area contributed by atoms with E-state index >= 15 is 0 Å². The van der Waals surface area contributed by atoms with Crippen LogP contribution in [0.15, 0.2) is 64.0 Å². The van der Waals surface area contributed by atoms with E-state index in [9.17, 15) is 15.2 Å². The quantitative estimate of drug-likeness (QED) is 0.242. The molecule has 0 N–H and O–H groups in total. The number of fused-ring (bicyclic) bond motifs is 1. The SMILES string of the molecule is O=[N+]([O-])c1cc(Cl)cc(C=Nc2ccc(Cl)c(-c3nc4ccccc4o3)c2)c1[O-]. The minimum Gasteiger partial charge on any atom is -0.867 e. The average molecular weight is 427 g/mol. The summed E-state index contributed by atoms with van der Waals surface area (Å²) in [6.45, 7) is 0. The van der Waals surface area contributed by atoms with Gasteiger partial charge in [-0.05, 0) is 47.7 Å². The average Bonchev–Trinajstić information content (AvgIpc) is 3.13. The highest BCUT2D eigenvalue weighted by Crippen LogP contribution is 2.34. The molecule has 0 saturated heterocycles. The molecule has 0 aliphatic rings. The molecule has 0 spiro atoms. The first kappa shape index (κ1) is 18.9. The van der Waals surface area contributed by atoms with Crippen LogP contribution in [0.3, 0.4) is 0 Å². The van der Waals surface area contributed by atoms with E-state index in [1.807, 2.05) is 18.2 Å². The van der Waals surface area contributed by atoms with Crippen LogP contribution in [0.25, 0.3) is 22.6 Å². The summed E-state index contributed by atoms with van der Waals surface area (Å²) in [6.07, 6.45) is 1.22. The monoisotopic (exact) mass is 426 g/mol. The summed E-state index contributed by atoms with van der Waals surface area (Å²) in [6, 6.07) is 14.5. The predicted molar refractivity (Wildman–Crippen MR) is 109 cm³/mol. The summed E-state index contributed by atoms with van der Waals surface area (Å²) >= 11 is 12.2. The molecule has 1 heterocycles. The fraction of sp³-hybridized carbons (Fsp3) is 0. The fourth-order valence-electron chi connectivity index (χ4n) is 2.72. The van der Waals surface area contributed by atoms with E-state index in [-0.39, 0.29) is 10.6 Å². The normalized spacial score (nSPS) is 11.4. The highest BCUT2D eigenvalue weighted by molar-refractivity contribution is 6.33. The van der Waals surface area contributed by atoms with Gasteiger partial charge < -0.3 is 9.52 Å². The van der Waals surface area contributed by atoms with Crippen LogP contribution >= 0.6 is 23.2 Å². The largest absolute Gasteiger partial charge is 0.867 e.